The number of benzene rings is 1. The maximum atomic E-state index is 6.01. The first-order valence-corrected chi connectivity index (χ1v) is 4.94. The van der Waals surface area contributed by atoms with Crippen LogP contribution in [0.5, 0.6) is 0 Å². The van der Waals surface area contributed by atoms with Crippen molar-refractivity contribution in [1.82, 2.24) is 0 Å². The molecule has 1 nitrogen and oxygen atoms in total. The van der Waals surface area contributed by atoms with Gasteiger partial charge in [-0.25, -0.2) is 0 Å². The zero-order valence-electron chi connectivity index (χ0n) is 8.89. The Morgan fingerprint density at radius 1 is 1.36 bits per heavy atom. The second-order valence-corrected chi connectivity index (χ2v) is 4.67. The minimum absolute atomic E-state index is 0.366. The Kier molecular flexibility index (Phi) is 3.03. The molecule has 1 aromatic rings. The predicted octanol–water partition coefficient (Wildman–Crippen LogP) is 3.57. The van der Waals surface area contributed by atoms with Gasteiger partial charge in [-0.15, -0.1) is 0 Å². The van der Waals surface area contributed by atoms with Crippen molar-refractivity contribution in [2.75, 3.05) is 0 Å². The lowest BCUT2D eigenvalue weighted by Crippen LogP contribution is -2.28. The van der Waals surface area contributed by atoms with E-state index in [9.17, 15) is 0 Å². The number of allylic oxidation sites excluding steroid dienone is 1. The first-order chi connectivity index (χ1) is 6.30. The van der Waals surface area contributed by atoms with E-state index in [1.807, 2.05) is 39.0 Å². The maximum absolute atomic E-state index is 6.01. The van der Waals surface area contributed by atoms with Crippen LogP contribution in [0.4, 0.5) is 0 Å². The number of halogens is 1. The fourth-order valence-corrected chi connectivity index (χ4v) is 1.44. The third kappa shape index (κ3) is 2.60. The van der Waals surface area contributed by atoms with Gasteiger partial charge in [-0.2, -0.15) is 0 Å². The van der Waals surface area contributed by atoms with Gasteiger partial charge in [-0.3, -0.25) is 0 Å². The summed E-state index contributed by atoms with van der Waals surface area (Å²) in [7, 11) is 0. The highest BCUT2D eigenvalue weighted by molar-refractivity contribution is 6.30. The van der Waals surface area contributed by atoms with Crippen molar-refractivity contribution in [3.05, 3.63) is 40.9 Å². The molecule has 0 aliphatic heterocycles. The summed E-state index contributed by atoms with van der Waals surface area (Å²) in [4.78, 5) is 0. The highest BCUT2D eigenvalue weighted by Crippen LogP contribution is 2.25. The average molecular weight is 210 g/mol. The lowest BCUT2D eigenvalue weighted by Gasteiger charge is -2.20. The highest BCUT2D eigenvalue weighted by Gasteiger charge is 2.15. The molecule has 0 aliphatic rings. The Hall–Kier alpha value is -0.790. The molecule has 2 N–H and O–H groups in total. The second kappa shape index (κ2) is 3.76. The largest absolute Gasteiger partial charge is 0.322 e. The fourth-order valence-electron chi connectivity index (χ4n) is 1.21. The van der Waals surface area contributed by atoms with Crippen molar-refractivity contribution in [2.24, 2.45) is 5.73 Å². The standard InChI is InChI=1S/C12H16ClN/c1-8(2)9-5-10(12(3,4)14)7-11(13)6-9/h5-7H,1,14H2,2-4H3. The summed E-state index contributed by atoms with van der Waals surface area (Å²) >= 11 is 6.00. The Bertz CT molecular complexity index is 361. The van der Waals surface area contributed by atoms with Crippen LogP contribution in [-0.2, 0) is 5.54 Å². The molecule has 0 radical (unpaired) electrons. The molecule has 0 aromatic heterocycles. The third-order valence-corrected chi connectivity index (χ3v) is 2.35. The molecule has 0 heterocycles. The van der Waals surface area contributed by atoms with Crippen molar-refractivity contribution in [1.29, 1.82) is 0 Å². The summed E-state index contributed by atoms with van der Waals surface area (Å²) in [6, 6.07) is 5.83. The van der Waals surface area contributed by atoms with E-state index in [1.54, 1.807) is 0 Å². The van der Waals surface area contributed by atoms with Crippen molar-refractivity contribution >= 4 is 17.2 Å². The van der Waals surface area contributed by atoms with E-state index in [2.05, 4.69) is 6.58 Å². The molecule has 0 bridgehead atoms. The normalized spacial score (nSPS) is 11.5. The lowest BCUT2D eigenvalue weighted by molar-refractivity contribution is 0.554. The summed E-state index contributed by atoms with van der Waals surface area (Å²) in [6.45, 7) is 9.77. The summed E-state index contributed by atoms with van der Waals surface area (Å²) in [5.74, 6) is 0. The predicted molar refractivity (Wildman–Crippen MR) is 63.4 cm³/mol. The molecule has 0 fully saturated rings. The van der Waals surface area contributed by atoms with Gasteiger partial charge in [0.1, 0.15) is 0 Å². The van der Waals surface area contributed by atoms with Crippen LogP contribution in [0.25, 0.3) is 5.57 Å². The highest BCUT2D eigenvalue weighted by atomic mass is 35.5. The summed E-state index contributed by atoms with van der Waals surface area (Å²) in [5.41, 5.74) is 8.72. The molecule has 0 saturated heterocycles. The van der Waals surface area contributed by atoms with Gasteiger partial charge in [0.2, 0.25) is 0 Å². The van der Waals surface area contributed by atoms with E-state index in [4.69, 9.17) is 17.3 Å². The fraction of sp³-hybridized carbons (Fsp3) is 0.333. The van der Waals surface area contributed by atoms with E-state index in [0.29, 0.717) is 5.02 Å². The molecule has 0 saturated carbocycles. The first-order valence-electron chi connectivity index (χ1n) is 4.56. The summed E-state index contributed by atoms with van der Waals surface area (Å²) in [6.07, 6.45) is 0. The van der Waals surface area contributed by atoms with Gasteiger partial charge in [0.15, 0.2) is 0 Å². The molecule has 2 heteroatoms. The minimum Gasteiger partial charge on any atom is -0.322 e. The van der Waals surface area contributed by atoms with Crippen molar-refractivity contribution < 1.29 is 0 Å². The molecule has 1 aromatic carbocycles. The molecule has 0 unspecified atom stereocenters. The molecular weight excluding hydrogens is 194 g/mol. The third-order valence-electron chi connectivity index (χ3n) is 2.13. The summed E-state index contributed by atoms with van der Waals surface area (Å²) in [5, 5.41) is 0.707. The molecule has 0 spiro atoms. The van der Waals surface area contributed by atoms with Gasteiger partial charge in [-0.1, -0.05) is 23.8 Å². The number of rotatable bonds is 2. The van der Waals surface area contributed by atoms with Gasteiger partial charge in [0.25, 0.3) is 0 Å². The monoisotopic (exact) mass is 209 g/mol. The zero-order valence-corrected chi connectivity index (χ0v) is 9.65. The number of hydrogen-bond donors (Lipinski definition) is 1. The number of hydrogen-bond acceptors (Lipinski definition) is 1. The maximum Gasteiger partial charge on any atom is 0.0415 e. The van der Waals surface area contributed by atoms with Crippen LogP contribution in [0.15, 0.2) is 24.8 Å². The molecule has 1 rings (SSSR count). The van der Waals surface area contributed by atoms with Crippen LogP contribution in [0.1, 0.15) is 31.9 Å². The zero-order chi connectivity index (χ0) is 10.9. The van der Waals surface area contributed by atoms with E-state index in [0.717, 1.165) is 16.7 Å². The van der Waals surface area contributed by atoms with Crippen LogP contribution >= 0.6 is 11.6 Å². The van der Waals surface area contributed by atoms with Crippen LogP contribution in [0.3, 0.4) is 0 Å². The Morgan fingerprint density at radius 2 is 1.93 bits per heavy atom. The van der Waals surface area contributed by atoms with Crippen LogP contribution in [-0.4, -0.2) is 0 Å². The quantitative estimate of drug-likeness (QED) is 0.792. The number of nitrogens with two attached hydrogens (primary N) is 1. The second-order valence-electron chi connectivity index (χ2n) is 4.23. The lowest BCUT2D eigenvalue weighted by atomic mass is 9.93. The molecule has 0 amide bonds. The van der Waals surface area contributed by atoms with Gasteiger partial charge in [0.05, 0.1) is 0 Å². The van der Waals surface area contributed by atoms with Crippen molar-refractivity contribution in [3.8, 4) is 0 Å². The van der Waals surface area contributed by atoms with Gasteiger partial charge >= 0.3 is 0 Å². The Labute approximate surface area is 90.6 Å². The first kappa shape index (κ1) is 11.3. The molecule has 14 heavy (non-hydrogen) atoms. The Balaban J connectivity index is 3.28. The summed E-state index contributed by atoms with van der Waals surface area (Å²) < 4.78 is 0. The SMILES string of the molecule is C=C(C)c1cc(Cl)cc(C(C)(C)N)c1. The van der Waals surface area contributed by atoms with Gasteiger partial charge in [0, 0.05) is 10.6 Å². The molecule has 0 aliphatic carbocycles. The van der Waals surface area contributed by atoms with Crippen LogP contribution < -0.4 is 5.73 Å². The molecular formula is C12H16ClN. The van der Waals surface area contributed by atoms with Crippen LogP contribution in [0.2, 0.25) is 5.02 Å². The van der Waals surface area contributed by atoms with Crippen molar-refractivity contribution in [2.45, 2.75) is 26.3 Å². The van der Waals surface area contributed by atoms with E-state index in [1.165, 1.54) is 0 Å². The van der Waals surface area contributed by atoms with Gasteiger partial charge in [-0.05, 0) is 50.1 Å². The minimum atomic E-state index is -0.366. The topological polar surface area (TPSA) is 26.0 Å². The molecule has 0 atom stereocenters. The van der Waals surface area contributed by atoms with E-state index >= 15 is 0 Å². The van der Waals surface area contributed by atoms with E-state index in [-0.39, 0.29) is 5.54 Å². The molecule has 76 valence electrons. The van der Waals surface area contributed by atoms with Crippen LogP contribution in [0, 0.1) is 0 Å². The average Bonchev–Trinajstić information content (AvgIpc) is 2.01. The van der Waals surface area contributed by atoms with Gasteiger partial charge < -0.3 is 5.73 Å². The smallest absolute Gasteiger partial charge is 0.0415 e. The van der Waals surface area contributed by atoms with E-state index < -0.39 is 0 Å². The Morgan fingerprint density at radius 3 is 2.36 bits per heavy atom. The van der Waals surface area contributed by atoms with Crippen molar-refractivity contribution in [3.63, 3.8) is 0 Å².